The zero-order chi connectivity index (χ0) is 18.4. The molecule has 0 atom stereocenters. The smallest absolute Gasteiger partial charge is 0.237 e. The normalized spacial score (nSPS) is 10.7. The summed E-state index contributed by atoms with van der Waals surface area (Å²) in [7, 11) is 0. The monoisotopic (exact) mass is 366 g/mol. The Morgan fingerprint density at radius 3 is 2.27 bits per heavy atom. The van der Waals surface area contributed by atoms with Gasteiger partial charge in [-0.05, 0) is 26.0 Å². The highest BCUT2D eigenvalue weighted by molar-refractivity contribution is 7.99. The Kier molecular flexibility index (Phi) is 6.07. The molecule has 1 heterocycles. The van der Waals surface area contributed by atoms with Gasteiger partial charge in [0.1, 0.15) is 0 Å². The van der Waals surface area contributed by atoms with E-state index in [1.807, 2.05) is 72.2 Å². The molecule has 0 aliphatic carbocycles. The first-order valence-corrected chi connectivity index (χ1v) is 9.70. The first kappa shape index (κ1) is 18.2. The maximum Gasteiger partial charge on any atom is 0.237 e. The molecule has 0 spiro atoms. The number of nitrogens with zero attached hydrogens (tertiary/aromatic N) is 4. The number of para-hydroxylation sites is 1. The number of hydrogen-bond acceptors (Lipinski definition) is 4. The van der Waals surface area contributed by atoms with Crippen molar-refractivity contribution >= 4 is 23.4 Å². The summed E-state index contributed by atoms with van der Waals surface area (Å²) in [5.41, 5.74) is 1.95. The van der Waals surface area contributed by atoms with Crippen molar-refractivity contribution in [2.45, 2.75) is 25.5 Å². The Morgan fingerprint density at radius 1 is 1.00 bits per heavy atom. The number of carbonyl (C=O) groups excluding carboxylic acids is 1. The van der Waals surface area contributed by atoms with Gasteiger partial charge in [0.2, 0.25) is 5.91 Å². The van der Waals surface area contributed by atoms with Gasteiger partial charge in [-0.2, -0.15) is 0 Å². The number of rotatable bonds is 7. The van der Waals surface area contributed by atoms with E-state index in [-0.39, 0.29) is 5.91 Å². The van der Waals surface area contributed by atoms with Gasteiger partial charge in [-0.3, -0.25) is 4.79 Å². The summed E-state index contributed by atoms with van der Waals surface area (Å²) in [6.45, 7) is 5.44. The molecule has 0 radical (unpaired) electrons. The van der Waals surface area contributed by atoms with E-state index in [1.165, 1.54) is 11.8 Å². The molecule has 0 aliphatic heterocycles. The van der Waals surface area contributed by atoms with Crippen LogP contribution in [-0.4, -0.2) is 33.0 Å². The molecule has 0 saturated carbocycles. The van der Waals surface area contributed by atoms with Crippen LogP contribution in [0.25, 0.3) is 11.4 Å². The number of anilines is 1. The van der Waals surface area contributed by atoms with Gasteiger partial charge in [0.25, 0.3) is 0 Å². The molecule has 0 N–H and O–H groups in total. The molecule has 1 amide bonds. The summed E-state index contributed by atoms with van der Waals surface area (Å²) >= 11 is 1.43. The molecule has 26 heavy (non-hydrogen) atoms. The highest BCUT2D eigenvalue weighted by Crippen LogP contribution is 2.24. The van der Waals surface area contributed by atoms with E-state index in [2.05, 4.69) is 17.1 Å². The molecule has 0 aliphatic rings. The third kappa shape index (κ3) is 3.96. The quantitative estimate of drug-likeness (QED) is 0.591. The lowest BCUT2D eigenvalue weighted by atomic mass is 10.2. The summed E-state index contributed by atoms with van der Waals surface area (Å²) in [6, 6.07) is 19.7. The zero-order valence-corrected chi connectivity index (χ0v) is 15.8. The van der Waals surface area contributed by atoms with Gasteiger partial charge in [0.15, 0.2) is 11.0 Å². The van der Waals surface area contributed by atoms with E-state index in [0.717, 1.165) is 28.8 Å². The molecule has 134 valence electrons. The fourth-order valence-electron chi connectivity index (χ4n) is 2.80. The lowest BCUT2D eigenvalue weighted by molar-refractivity contribution is -0.116. The molecule has 0 unspecified atom stereocenters. The number of amides is 1. The molecule has 3 rings (SSSR count). The maximum absolute atomic E-state index is 12.7. The summed E-state index contributed by atoms with van der Waals surface area (Å²) in [6.07, 6.45) is 0. The summed E-state index contributed by atoms with van der Waals surface area (Å²) < 4.78 is 2.05. The molecule has 6 heteroatoms. The van der Waals surface area contributed by atoms with Crippen molar-refractivity contribution in [2.24, 2.45) is 0 Å². The van der Waals surface area contributed by atoms with Crippen molar-refractivity contribution in [1.82, 2.24) is 14.8 Å². The first-order chi connectivity index (χ1) is 12.7. The lowest BCUT2D eigenvalue weighted by Gasteiger charge is -2.20. The molecule has 0 fully saturated rings. The topological polar surface area (TPSA) is 51.0 Å². The minimum Gasteiger partial charge on any atom is -0.312 e. The predicted octanol–water partition coefficient (Wildman–Crippen LogP) is 4.11. The van der Waals surface area contributed by atoms with E-state index in [9.17, 15) is 4.79 Å². The molecule has 1 aromatic heterocycles. The van der Waals surface area contributed by atoms with Crippen LogP contribution in [0.3, 0.4) is 0 Å². The molecule has 0 saturated heterocycles. The molecule has 0 bridgehead atoms. The third-order valence-electron chi connectivity index (χ3n) is 4.07. The van der Waals surface area contributed by atoms with Crippen molar-refractivity contribution in [1.29, 1.82) is 0 Å². The number of carbonyl (C=O) groups is 1. The maximum atomic E-state index is 12.7. The highest BCUT2D eigenvalue weighted by Gasteiger charge is 2.17. The molecule has 3 aromatic rings. The van der Waals surface area contributed by atoms with Crippen molar-refractivity contribution in [3.8, 4) is 11.4 Å². The molecular weight excluding hydrogens is 344 g/mol. The number of thioether (sulfide) groups is 1. The third-order valence-corrected chi connectivity index (χ3v) is 5.03. The Bertz CT molecular complexity index is 849. The van der Waals surface area contributed by atoms with Crippen LogP contribution < -0.4 is 4.90 Å². The highest BCUT2D eigenvalue weighted by atomic mass is 32.2. The average Bonchev–Trinajstić information content (AvgIpc) is 3.11. The fraction of sp³-hybridized carbons (Fsp3) is 0.250. The van der Waals surface area contributed by atoms with Crippen LogP contribution in [0, 0.1) is 0 Å². The fourth-order valence-corrected chi connectivity index (χ4v) is 3.67. The Morgan fingerprint density at radius 2 is 1.65 bits per heavy atom. The number of benzene rings is 2. The SMILES string of the molecule is CCN(C(=O)CSc1nnc(-c2ccccc2)n1CC)c1ccccc1. The summed E-state index contributed by atoms with van der Waals surface area (Å²) in [4.78, 5) is 14.5. The molecule has 5 nitrogen and oxygen atoms in total. The van der Waals surface area contributed by atoms with Gasteiger partial charge in [-0.25, -0.2) is 0 Å². The molecular formula is C20H22N4OS. The molecule has 2 aromatic carbocycles. The van der Waals surface area contributed by atoms with Gasteiger partial charge in [0, 0.05) is 24.3 Å². The van der Waals surface area contributed by atoms with Crippen LogP contribution in [0.5, 0.6) is 0 Å². The van der Waals surface area contributed by atoms with Crippen molar-refractivity contribution in [2.75, 3.05) is 17.2 Å². The number of aromatic nitrogens is 3. The first-order valence-electron chi connectivity index (χ1n) is 8.71. The van der Waals surface area contributed by atoms with E-state index < -0.39 is 0 Å². The lowest BCUT2D eigenvalue weighted by Crippen LogP contribution is -2.32. The summed E-state index contributed by atoms with van der Waals surface area (Å²) in [5, 5.41) is 9.39. The minimum absolute atomic E-state index is 0.0654. The standard InChI is InChI=1S/C20H22N4OS/c1-3-23(17-13-9-6-10-14-17)18(25)15-26-20-22-21-19(24(20)4-2)16-11-7-5-8-12-16/h5-14H,3-4,15H2,1-2H3. The van der Waals surface area contributed by atoms with E-state index >= 15 is 0 Å². The van der Waals surface area contributed by atoms with Crippen molar-refractivity contribution < 1.29 is 4.79 Å². The Balaban J connectivity index is 1.73. The Hall–Kier alpha value is -2.60. The average molecular weight is 366 g/mol. The van der Waals surface area contributed by atoms with Gasteiger partial charge in [0.05, 0.1) is 5.75 Å². The second-order valence-corrected chi connectivity index (χ2v) is 6.62. The van der Waals surface area contributed by atoms with Gasteiger partial charge >= 0.3 is 0 Å². The van der Waals surface area contributed by atoms with E-state index in [0.29, 0.717) is 12.3 Å². The van der Waals surface area contributed by atoms with Crippen molar-refractivity contribution in [3.05, 3.63) is 60.7 Å². The van der Waals surface area contributed by atoms with Crippen LogP contribution >= 0.6 is 11.8 Å². The zero-order valence-electron chi connectivity index (χ0n) is 15.0. The Labute approximate surface area is 158 Å². The second-order valence-electron chi connectivity index (χ2n) is 5.68. The van der Waals surface area contributed by atoms with Gasteiger partial charge in [-0.1, -0.05) is 60.3 Å². The predicted molar refractivity (Wildman–Crippen MR) is 106 cm³/mol. The summed E-state index contributed by atoms with van der Waals surface area (Å²) in [5.74, 6) is 1.23. The largest absolute Gasteiger partial charge is 0.312 e. The van der Waals surface area contributed by atoms with Crippen LogP contribution in [0.15, 0.2) is 65.8 Å². The number of hydrogen-bond donors (Lipinski definition) is 0. The van der Waals surface area contributed by atoms with Crippen LogP contribution in [-0.2, 0) is 11.3 Å². The van der Waals surface area contributed by atoms with E-state index in [1.54, 1.807) is 4.90 Å². The van der Waals surface area contributed by atoms with Crippen molar-refractivity contribution in [3.63, 3.8) is 0 Å². The minimum atomic E-state index is 0.0654. The van der Waals surface area contributed by atoms with Crippen LogP contribution in [0.1, 0.15) is 13.8 Å². The van der Waals surface area contributed by atoms with E-state index in [4.69, 9.17) is 0 Å². The van der Waals surface area contributed by atoms with Gasteiger partial charge in [-0.15, -0.1) is 10.2 Å². The van der Waals surface area contributed by atoms with Crippen LogP contribution in [0.2, 0.25) is 0 Å². The second kappa shape index (κ2) is 8.67. The van der Waals surface area contributed by atoms with Gasteiger partial charge < -0.3 is 9.47 Å². The van der Waals surface area contributed by atoms with Crippen LogP contribution in [0.4, 0.5) is 5.69 Å².